The molecule has 4 heterocycles. The number of hydrogen-bond acceptors (Lipinski definition) is 8. The van der Waals surface area contributed by atoms with Crippen LogP contribution in [0.1, 0.15) is 106 Å². The number of H-pyrrole nitrogens is 2. The van der Waals surface area contributed by atoms with E-state index in [9.17, 15) is 19.2 Å². The molecule has 9 rings (SSSR count). The molecule has 2 saturated carbocycles. The van der Waals surface area contributed by atoms with Gasteiger partial charge in [-0.2, -0.15) is 0 Å². The lowest BCUT2D eigenvalue weighted by Crippen LogP contribution is -2.51. The summed E-state index contributed by atoms with van der Waals surface area (Å²) in [4.78, 5) is 73.5. The van der Waals surface area contributed by atoms with Crippen LogP contribution in [-0.4, -0.2) is 93.1 Å². The summed E-state index contributed by atoms with van der Waals surface area (Å²) in [6, 6.07) is 21.6. The Kier molecular flexibility index (Phi) is 11.0. The van der Waals surface area contributed by atoms with Crippen LogP contribution >= 0.6 is 0 Å². The highest BCUT2D eigenvalue weighted by molar-refractivity contribution is 5.88. The van der Waals surface area contributed by atoms with Crippen molar-refractivity contribution in [3.05, 3.63) is 107 Å². The van der Waals surface area contributed by atoms with E-state index in [0.717, 1.165) is 89.2 Å². The standard InChI is InChI=1S/C49H54N8O6/c1-29(2)40(54-46(60)62-4)44(58)56-27-48(19-20-48)24-38(56)42-50-26-37(53-42)34-16-13-31(14-17-34)11-12-32-15-18-35-36(23-32)52-43(51-35)39-25-49(21-22-49)28-57(39)45(59)41(55-47(61)63-5)30(3)33-9-7-6-8-10-33/h6-10,13-18,23,26,29-30,38-41H,19-22,24-25,27-28H2,1-5H3,(H,50,53)(H,51,52)(H,54,60)(H,55,61)/t30-,38-,39-,40-,41-/m0/s1. The highest BCUT2D eigenvalue weighted by Gasteiger charge is 2.56. The van der Waals surface area contributed by atoms with Crippen molar-refractivity contribution in [1.82, 2.24) is 40.4 Å². The third-order valence-corrected chi connectivity index (χ3v) is 13.7. The van der Waals surface area contributed by atoms with E-state index in [1.165, 1.54) is 14.2 Å². The van der Waals surface area contributed by atoms with Crippen LogP contribution in [0.4, 0.5) is 9.59 Å². The van der Waals surface area contributed by atoms with Gasteiger partial charge in [0.05, 0.1) is 49.2 Å². The number of imidazole rings is 2. The Morgan fingerprint density at radius 3 is 1.90 bits per heavy atom. The number of hydrogen-bond donors (Lipinski definition) is 4. The number of aromatic amines is 2. The summed E-state index contributed by atoms with van der Waals surface area (Å²) >= 11 is 0. The van der Waals surface area contributed by atoms with Crippen LogP contribution in [0.2, 0.25) is 0 Å². The smallest absolute Gasteiger partial charge is 0.407 e. The van der Waals surface area contributed by atoms with E-state index in [-0.39, 0.29) is 46.6 Å². The molecule has 4 amide bonds. The first-order chi connectivity index (χ1) is 30.4. The molecule has 2 aliphatic heterocycles. The van der Waals surface area contributed by atoms with Gasteiger partial charge < -0.3 is 39.9 Å². The summed E-state index contributed by atoms with van der Waals surface area (Å²) in [5.41, 5.74) is 6.22. The minimum absolute atomic E-state index is 0.0665. The molecule has 4 aliphatic rings. The van der Waals surface area contributed by atoms with E-state index in [1.807, 2.05) is 110 Å². The summed E-state index contributed by atoms with van der Waals surface area (Å²) < 4.78 is 9.76. The van der Waals surface area contributed by atoms with Crippen LogP contribution < -0.4 is 10.6 Å². The fourth-order valence-corrected chi connectivity index (χ4v) is 9.53. The lowest BCUT2D eigenvalue weighted by atomic mass is 9.92. The molecule has 0 radical (unpaired) electrons. The largest absolute Gasteiger partial charge is 0.453 e. The van der Waals surface area contributed by atoms with Crippen molar-refractivity contribution in [3.8, 4) is 23.1 Å². The fourth-order valence-electron chi connectivity index (χ4n) is 9.53. The van der Waals surface area contributed by atoms with E-state index in [2.05, 4.69) is 32.4 Å². The molecule has 326 valence electrons. The van der Waals surface area contributed by atoms with E-state index < -0.39 is 24.3 Å². The molecule has 5 atom stereocenters. The van der Waals surface area contributed by atoms with E-state index in [4.69, 9.17) is 19.4 Å². The minimum atomic E-state index is -0.814. The first kappa shape index (κ1) is 41.7. The number of rotatable bonds is 10. The molecule has 5 aromatic rings. The summed E-state index contributed by atoms with van der Waals surface area (Å²) in [6.07, 6.45) is 6.45. The third-order valence-electron chi connectivity index (χ3n) is 13.7. The number of alkyl carbamates (subject to hydrolysis) is 2. The van der Waals surface area contributed by atoms with Crippen molar-refractivity contribution in [2.75, 3.05) is 27.3 Å². The number of nitrogens with zero attached hydrogens (tertiary/aromatic N) is 4. The zero-order chi connectivity index (χ0) is 44.0. The van der Waals surface area contributed by atoms with Crippen molar-refractivity contribution in [3.63, 3.8) is 0 Å². The van der Waals surface area contributed by atoms with E-state index in [1.54, 1.807) is 0 Å². The highest BCUT2D eigenvalue weighted by atomic mass is 16.5. The van der Waals surface area contributed by atoms with Gasteiger partial charge in [0.1, 0.15) is 23.7 Å². The Bertz CT molecular complexity index is 2600. The Morgan fingerprint density at radius 1 is 0.730 bits per heavy atom. The van der Waals surface area contributed by atoms with E-state index >= 15 is 0 Å². The zero-order valence-corrected chi connectivity index (χ0v) is 36.4. The van der Waals surface area contributed by atoms with Crippen molar-refractivity contribution >= 4 is 35.0 Å². The molecule has 0 bridgehead atoms. The molecule has 14 nitrogen and oxygen atoms in total. The molecule has 4 fully saturated rings. The van der Waals surface area contributed by atoms with Gasteiger partial charge in [-0.3, -0.25) is 9.59 Å². The lowest BCUT2D eigenvalue weighted by Gasteiger charge is -2.31. The molecule has 3 aromatic carbocycles. The molecule has 0 unspecified atom stereocenters. The average Bonchev–Trinajstić information content (AvgIpc) is 3.91. The number of likely N-dealkylation sites (tertiary alicyclic amines) is 2. The molecule has 2 saturated heterocycles. The molecule has 14 heteroatoms. The van der Waals surface area contributed by atoms with Crippen LogP contribution in [0.25, 0.3) is 22.3 Å². The number of ether oxygens (including phenoxy) is 2. The number of methoxy groups -OCH3 is 2. The maximum Gasteiger partial charge on any atom is 0.407 e. The first-order valence-electron chi connectivity index (χ1n) is 21.9. The van der Waals surface area contributed by atoms with Crippen LogP contribution in [0.5, 0.6) is 0 Å². The Labute approximate surface area is 366 Å². The number of nitrogens with one attached hydrogen (secondary N) is 4. The number of aromatic nitrogens is 4. The predicted molar refractivity (Wildman–Crippen MR) is 236 cm³/mol. The van der Waals surface area contributed by atoms with Crippen LogP contribution in [0.15, 0.2) is 79.0 Å². The number of benzene rings is 3. The van der Waals surface area contributed by atoms with Crippen LogP contribution in [0.3, 0.4) is 0 Å². The molecule has 2 aromatic heterocycles. The number of carbonyl (C=O) groups excluding carboxylic acids is 4. The topological polar surface area (TPSA) is 175 Å². The van der Waals surface area contributed by atoms with Crippen molar-refractivity contribution < 1.29 is 28.7 Å². The number of fused-ring (bicyclic) bond motifs is 1. The van der Waals surface area contributed by atoms with Gasteiger partial charge in [0.25, 0.3) is 0 Å². The van der Waals surface area contributed by atoms with Crippen LogP contribution in [-0.2, 0) is 19.1 Å². The Hall–Kier alpha value is -6.62. The van der Waals surface area contributed by atoms with Gasteiger partial charge in [-0.1, -0.05) is 75.1 Å². The molecular weight excluding hydrogens is 797 g/mol. The first-order valence-corrected chi connectivity index (χ1v) is 21.9. The summed E-state index contributed by atoms with van der Waals surface area (Å²) in [7, 11) is 2.61. The Balaban J connectivity index is 0.895. The van der Waals surface area contributed by atoms with Crippen molar-refractivity contribution in [2.45, 2.75) is 89.4 Å². The second-order valence-electron chi connectivity index (χ2n) is 18.4. The van der Waals surface area contributed by atoms with Crippen LogP contribution in [0, 0.1) is 28.6 Å². The Morgan fingerprint density at radius 2 is 1.30 bits per heavy atom. The summed E-state index contributed by atoms with van der Waals surface area (Å²) in [5, 5.41) is 5.58. The third kappa shape index (κ3) is 8.48. The van der Waals surface area contributed by atoms with Crippen molar-refractivity contribution in [1.29, 1.82) is 0 Å². The molecule has 63 heavy (non-hydrogen) atoms. The van der Waals surface area contributed by atoms with Gasteiger partial charge in [-0.05, 0) is 96.7 Å². The number of amides is 4. The van der Waals surface area contributed by atoms with Gasteiger partial charge in [0.15, 0.2) is 0 Å². The summed E-state index contributed by atoms with van der Waals surface area (Å²) in [5.74, 6) is 7.39. The van der Waals surface area contributed by atoms with E-state index in [0.29, 0.717) is 13.1 Å². The predicted octanol–water partition coefficient (Wildman–Crippen LogP) is 7.37. The lowest BCUT2D eigenvalue weighted by molar-refractivity contribution is -0.136. The minimum Gasteiger partial charge on any atom is -0.453 e. The van der Waals surface area contributed by atoms with Gasteiger partial charge in [-0.25, -0.2) is 19.6 Å². The average molecular weight is 851 g/mol. The number of carbonyl (C=O) groups is 4. The molecular formula is C49H54N8O6. The normalized spacial score (nSPS) is 20.5. The van der Waals surface area contributed by atoms with Gasteiger partial charge in [0, 0.05) is 30.1 Å². The summed E-state index contributed by atoms with van der Waals surface area (Å²) in [6.45, 7) is 7.05. The van der Waals surface area contributed by atoms with Crippen molar-refractivity contribution in [2.24, 2.45) is 16.7 Å². The van der Waals surface area contributed by atoms with Gasteiger partial charge in [0.2, 0.25) is 11.8 Å². The highest BCUT2D eigenvalue weighted by Crippen LogP contribution is 2.59. The monoisotopic (exact) mass is 850 g/mol. The maximum absolute atomic E-state index is 14.5. The molecule has 2 aliphatic carbocycles. The van der Waals surface area contributed by atoms with Gasteiger partial charge in [-0.15, -0.1) is 0 Å². The van der Waals surface area contributed by atoms with Gasteiger partial charge >= 0.3 is 12.2 Å². The zero-order valence-electron chi connectivity index (χ0n) is 36.4. The second kappa shape index (κ2) is 16.6. The molecule has 4 N–H and O–H groups in total. The second-order valence-corrected chi connectivity index (χ2v) is 18.4. The SMILES string of the molecule is COC(=O)N[C@H](C(=O)N1CC2(CC2)C[C@H]1c1ncc(-c2ccc(C#Cc3ccc4nc([C@@H]5CC6(CC6)CN5C(=O)[C@@H](NC(=O)OC)[C@@H](C)c5ccccc5)[nH]c4c3)cc2)[nH]1)C(C)C. The fraction of sp³-hybridized carbons (Fsp3) is 0.429. The molecule has 2 spiro atoms. The quantitative estimate of drug-likeness (QED) is 0.105. The maximum atomic E-state index is 14.5.